The number of carbonyl (C=O) groups excluding carboxylic acids is 1. The Hall–Kier alpha value is -4.49. The van der Waals surface area contributed by atoms with Gasteiger partial charge in [-0.05, 0) is 18.2 Å². The number of fused-ring (bicyclic) bond motifs is 2. The number of alkyl halides is 3. The third-order valence-electron chi connectivity index (χ3n) is 5.68. The van der Waals surface area contributed by atoms with Crippen LogP contribution < -0.4 is 0 Å². The zero-order valence-electron chi connectivity index (χ0n) is 17.8. The Kier molecular flexibility index (Phi) is 4.69. The summed E-state index contributed by atoms with van der Waals surface area (Å²) in [5.41, 5.74) is 3.21. The lowest BCUT2D eigenvalue weighted by atomic mass is 9.99. The van der Waals surface area contributed by atoms with Crippen LogP contribution in [0.1, 0.15) is 33.8 Å². The number of aromatic amines is 1. The number of amides is 1. The van der Waals surface area contributed by atoms with Crippen LogP contribution in [0.2, 0.25) is 0 Å². The van der Waals surface area contributed by atoms with E-state index < -0.39 is 24.7 Å². The van der Waals surface area contributed by atoms with Gasteiger partial charge in [0.25, 0.3) is 5.89 Å². The summed E-state index contributed by atoms with van der Waals surface area (Å²) in [4.78, 5) is 22.5. The van der Waals surface area contributed by atoms with Crippen LogP contribution in [0, 0.1) is 0 Å². The SMILES string of the molecule is O=C(c1nnc(-c2cnn(CC(F)(F)F)c2)o1)N1CCc2[nH]cnc2C1c1cc2ccccn2n1. The van der Waals surface area contributed by atoms with Gasteiger partial charge in [-0.2, -0.15) is 23.4 Å². The monoisotopic (exact) mass is 483 g/mol. The number of H-pyrrole nitrogens is 1. The first-order chi connectivity index (χ1) is 16.9. The normalized spacial score (nSPS) is 16.1. The Morgan fingerprint density at radius 1 is 1.26 bits per heavy atom. The molecule has 0 fully saturated rings. The molecule has 1 aliphatic rings. The number of pyridine rings is 1. The number of hydrogen-bond donors (Lipinski definition) is 1. The van der Waals surface area contributed by atoms with Gasteiger partial charge < -0.3 is 14.3 Å². The fourth-order valence-electron chi connectivity index (χ4n) is 4.18. The first-order valence-corrected chi connectivity index (χ1v) is 10.6. The predicted molar refractivity (Wildman–Crippen MR) is 112 cm³/mol. The maximum Gasteiger partial charge on any atom is 0.408 e. The molecule has 0 aromatic carbocycles. The molecular weight excluding hydrogens is 467 g/mol. The third kappa shape index (κ3) is 3.82. The van der Waals surface area contributed by atoms with Crippen molar-refractivity contribution in [1.82, 2.24) is 44.5 Å². The van der Waals surface area contributed by atoms with Gasteiger partial charge >= 0.3 is 18.0 Å². The van der Waals surface area contributed by atoms with Crippen molar-refractivity contribution in [2.45, 2.75) is 25.2 Å². The van der Waals surface area contributed by atoms with Crippen LogP contribution in [0.25, 0.3) is 17.0 Å². The Bertz CT molecular complexity index is 1500. The number of rotatable bonds is 4. The van der Waals surface area contributed by atoms with E-state index in [0.717, 1.165) is 17.4 Å². The van der Waals surface area contributed by atoms with E-state index in [1.165, 1.54) is 6.20 Å². The smallest absolute Gasteiger partial charge is 0.408 e. The summed E-state index contributed by atoms with van der Waals surface area (Å²) in [5.74, 6) is -0.943. The van der Waals surface area contributed by atoms with Gasteiger partial charge in [0.2, 0.25) is 0 Å². The minimum atomic E-state index is -4.43. The maximum absolute atomic E-state index is 13.5. The quantitative estimate of drug-likeness (QED) is 0.417. The van der Waals surface area contributed by atoms with Crippen molar-refractivity contribution in [1.29, 1.82) is 0 Å². The van der Waals surface area contributed by atoms with Crippen molar-refractivity contribution < 1.29 is 22.4 Å². The van der Waals surface area contributed by atoms with Crippen molar-refractivity contribution >= 4 is 11.4 Å². The molecule has 6 rings (SSSR count). The molecule has 0 bridgehead atoms. The maximum atomic E-state index is 13.5. The summed E-state index contributed by atoms with van der Waals surface area (Å²) in [6, 6.07) is 6.93. The summed E-state index contributed by atoms with van der Waals surface area (Å²) in [7, 11) is 0. The fourth-order valence-corrected chi connectivity index (χ4v) is 4.18. The molecule has 0 aliphatic carbocycles. The largest absolute Gasteiger partial charge is 0.412 e. The van der Waals surface area contributed by atoms with Crippen LogP contribution in [0.4, 0.5) is 13.2 Å². The second kappa shape index (κ2) is 7.78. The zero-order valence-corrected chi connectivity index (χ0v) is 17.8. The number of imidazole rings is 1. The molecule has 1 amide bonds. The molecule has 14 heteroatoms. The Balaban J connectivity index is 1.32. The topological polar surface area (TPSA) is 123 Å². The zero-order chi connectivity index (χ0) is 24.2. The molecule has 1 unspecified atom stereocenters. The van der Waals surface area contributed by atoms with Gasteiger partial charge in [-0.1, -0.05) is 6.07 Å². The summed E-state index contributed by atoms with van der Waals surface area (Å²) in [6.45, 7) is -0.915. The highest BCUT2D eigenvalue weighted by Crippen LogP contribution is 2.34. The van der Waals surface area contributed by atoms with Crippen LogP contribution in [0.15, 0.2) is 53.6 Å². The fraction of sp³-hybridized carbons (Fsp3) is 0.238. The van der Waals surface area contributed by atoms with Crippen molar-refractivity contribution in [3.8, 4) is 11.5 Å². The highest BCUT2D eigenvalue weighted by atomic mass is 19.4. The molecule has 0 spiro atoms. The lowest BCUT2D eigenvalue weighted by Gasteiger charge is -2.32. The second-order valence-corrected chi connectivity index (χ2v) is 8.01. The number of aromatic nitrogens is 8. The van der Waals surface area contributed by atoms with Crippen molar-refractivity contribution in [2.24, 2.45) is 0 Å². The Morgan fingerprint density at radius 3 is 2.97 bits per heavy atom. The molecule has 0 saturated carbocycles. The second-order valence-electron chi connectivity index (χ2n) is 8.01. The van der Waals surface area contributed by atoms with E-state index in [-0.39, 0.29) is 17.3 Å². The molecule has 11 nitrogen and oxygen atoms in total. The molecule has 1 atom stereocenters. The van der Waals surface area contributed by atoms with Crippen LogP contribution in [0.3, 0.4) is 0 Å². The van der Waals surface area contributed by atoms with Crippen LogP contribution in [0.5, 0.6) is 0 Å². The number of hydrogen-bond acceptors (Lipinski definition) is 7. The van der Waals surface area contributed by atoms with E-state index in [2.05, 4.69) is 30.4 Å². The van der Waals surface area contributed by atoms with Gasteiger partial charge in [-0.15, -0.1) is 10.2 Å². The molecule has 0 radical (unpaired) electrons. The van der Waals surface area contributed by atoms with E-state index in [1.807, 2.05) is 30.5 Å². The molecule has 5 aromatic heterocycles. The van der Waals surface area contributed by atoms with Gasteiger partial charge in [-0.25, -0.2) is 9.50 Å². The van der Waals surface area contributed by atoms with E-state index in [0.29, 0.717) is 29.0 Å². The molecule has 1 aliphatic heterocycles. The average Bonchev–Trinajstić information content (AvgIpc) is 3.62. The Morgan fingerprint density at radius 2 is 2.14 bits per heavy atom. The number of nitrogens with zero attached hydrogens (tertiary/aromatic N) is 8. The van der Waals surface area contributed by atoms with E-state index >= 15 is 0 Å². The van der Waals surface area contributed by atoms with Crippen molar-refractivity contribution in [3.63, 3.8) is 0 Å². The molecular formula is C21H16F3N9O2. The predicted octanol–water partition coefficient (Wildman–Crippen LogP) is 2.65. The van der Waals surface area contributed by atoms with E-state index in [9.17, 15) is 18.0 Å². The summed E-state index contributed by atoms with van der Waals surface area (Å²) in [5, 5.41) is 16.0. The minimum absolute atomic E-state index is 0.108. The third-order valence-corrected chi connectivity index (χ3v) is 5.68. The lowest BCUT2D eigenvalue weighted by Crippen LogP contribution is -2.41. The summed E-state index contributed by atoms with van der Waals surface area (Å²) >= 11 is 0. The highest BCUT2D eigenvalue weighted by molar-refractivity contribution is 5.90. The van der Waals surface area contributed by atoms with E-state index in [1.54, 1.807) is 15.7 Å². The molecule has 35 heavy (non-hydrogen) atoms. The molecule has 0 saturated heterocycles. The number of nitrogens with one attached hydrogen (secondary N) is 1. The van der Waals surface area contributed by atoms with Crippen LogP contribution >= 0.6 is 0 Å². The summed E-state index contributed by atoms with van der Waals surface area (Å²) < 4.78 is 45.8. The first-order valence-electron chi connectivity index (χ1n) is 10.6. The van der Waals surface area contributed by atoms with Gasteiger partial charge in [0.05, 0.1) is 35.0 Å². The minimum Gasteiger partial charge on any atom is -0.412 e. The van der Waals surface area contributed by atoms with E-state index in [4.69, 9.17) is 4.42 Å². The highest BCUT2D eigenvalue weighted by Gasteiger charge is 2.38. The lowest BCUT2D eigenvalue weighted by molar-refractivity contribution is -0.142. The Labute approximate surface area is 194 Å². The van der Waals surface area contributed by atoms with Crippen molar-refractivity contribution in [3.05, 3.63) is 72.2 Å². The first kappa shape index (κ1) is 21.1. The van der Waals surface area contributed by atoms with Gasteiger partial charge in [0.1, 0.15) is 12.6 Å². The van der Waals surface area contributed by atoms with Gasteiger partial charge in [0, 0.05) is 31.1 Å². The van der Waals surface area contributed by atoms with Gasteiger partial charge in [-0.3, -0.25) is 9.48 Å². The number of halogens is 3. The molecule has 178 valence electrons. The number of carbonyl (C=O) groups is 1. The summed E-state index contributed by atoms with van der Waals surface area (Å²) in [6.07, 6.45) is 1.80. The van der Waals surface area contributed by atoms with Crippen LogP contribution in [-0.4, -0.2) is 63.1 Å². The van der Waals surface area contributed by atoms with Crippen LogP contribution in [-0.2, 0) is 13.0 Å². The molecule has 5 aromatic rings. The van der Waals surface area contributed by atoms with Gasteiger partial charge in [0.15, 0.2) is 0 Å². The van der Waals surface area contributed by atoms with Crippen molar-refractivity contribution in [2.75, 3.05) is 6.54 Å². The molecule has 6 heterocycles. The average molecular weight is 483 g/mol. The molecule has 1 N–H and O–H groups in total. The standard InChI is InChI=1S/C21H16F3N9O2/c22-21(23,24)10-31-9-12(8-27-31)18-28-29-19(35-18)20(34)32-6-4-14-16(26-11-25-14)17(32)15-7-13-3-1-2-5-33(13)30-15/h1-3,5,7-9,11,17H,4,6,10H2,(H,25,26).